The summed E-state index contributed by atoms with van der Waals surface area (Å²) in [4.78, 5) is 26.6. The van der Waals surface area contributed by atoms with E-state index >= 15 is 4.39 Å². The first-order valence-corrected chi connectivity index (χ1v) is 8.95. The van der Waals surface area contributed by atoms with Gasteiger partial charge in [-0.05, 0) is 19.9 Å². The van der Waals surface area contributed by atoms with Gasteiger partial charge in [0.2, 0.25) is 5.58 Å². The van der Waals surface area contributed by atoms with Crippen LogP contribution in [-0.4, -0.2) is 62.2 Å². The Bertz CT molecular complexity index is 934. The van der Waals surface area contributed by atoms with Crippen molar-refractivity contribution < 1.29 is 32.4 Å². The lowest BCUT2D eigenvalue weighted by molar-refractivity contribution is 0.0529. The molecule has 0 radical (unpaired) electrons. The fourth-order valence-corrected chi connectivity index (χ4v) is 3.72. The largest absolute Gasteiger partial charge is 0.444 e. The second kappa shape index (κ2) is 7.01. The van der Waals surface area contributed by atoms with Crippen LogP contribution >= 0.6 is 0 Å². The number of hydrogen-bond acceptors (Lipinski definition) is 7. The Morgan fingerprint density at radius 1 is 1.39 bits per heavy atom. The normalized spacial score (nSPS) is 25.4. The Morgan fingerprint density at radius 2 is 2.18 bits per heavy atom. The Hall–Kier alpha value is -2.75. The topological polar surface area (TPSA) is 85.1 Å². The quantitative estimate of drug-likeness (QED) is 0.736. The van der Waals surface area contributed by atoms with Crippen molar-refractivity contribution in [1.82, 2.24) is 5.16 Å². The van der Waals surface area contributed by atoms with Gasteiger partial charge in [-0.15, -0.1) is 0 Å². The zero-order valence-electron chi connectivity index (χ0n) is 15.4. The second-order valence-electron chi connectivity index (χ2n) is 6.94. The van der Waals surface area contributed by atoms with E-state index < -0.39 is 30.7 Å². The molecule has 2 saturated heterocycles. The summed E-state index contributed by atoms with van der Waals surface area (Å²) in [5, 5.41) is 3.89. The highest BCUT2D eigenvalue weighted by atomic mass is 19.1. The molecule has 3 heterocycles. The molecule has 1 aromatic heterocycles. The third kappa shape index (κ3) is 2.79. The first-order valence-electron chi connectivity index (χ1n) is 8.95. The summed E-state index contributed by atoms with van der Waals surface area (Å²) in [7, 11) is 0. The molecule has 0 unspecified atom stereocenters. The molecule has 2 aliphatic rings. The summed E-state index contributed by atoms with van der Waals surface area (Å²) < 4.78 is 44.4. The van der Waals surface area contributed by atoms with Gasteiger partial charge in [0.25, 0.3) is 0 Å². The molecule has 28 heavy (non-hydrogen) atoms. The average Bonchev–Trinajstić information content (AvgIpc) is 3.20. The van der Waals surface area contributed by atoms with Crippen molar-refractivity contribution in [1.29, 1.82) is 0 Å². The van der Waals surface area contributed by atoms with Crippen molar-refractivity contribution in [2.45, 2.75) is 32.1 Å². The molecule has 2 fully saturated rings. The van der Waals surface area contributed by atoms with Gasteiger partial charge in [0, 0.05) is 18.7 Å². The van der Waals surface area contributed by atoms with Crippen molar-refractivity contribution in [3.63, 3.8) is 0 Å². The second-order valence-corrected chi connectivity index (χ2v) is 6.94. The van der Waals surface area contributed by atoms with E-state index in [1.165, 1.54) is 6.07 Å². The molecule has 0 saturated carbocycles. The van der Waals surface area contributed by atoms with Gasteiger partial charge >= 0.3 is 6.09 Å². The number of carbonyl (C=O) groups excluding carboxylic acids is 2. The SMILES string of the molecule is C[C@@H]1CN(c2c(C=O)cc3c(N4C(=O)O[C@H](C)[C@@H]4CF)noc3c2F)CCO1. The minimum Gasteiger partial charge on any atom is -0.444 e. The standard InChI is InChI=1S/C18H19F2N3O5/c1-9-7-22(3-4-26-9)15-11(8-24)5-12-16(14(15)20)28-21-17(12)23-13(6-19)10(2)27-18(23)25/h5,8-10,13H,3-4,6-7H2,1-2H3/t9-,10-,13+/m1/s1. The summed E-state index contributed by atoms with van der Waals surface area (Å²) in [6.45, 7) is 3.76. The van der Waals surface area contributed by atoms with E-state index in [2.05, 4.69) is 5.16 Å². The monoisotopic (exact) mass is 395 g/mol. The van der Waals surface area contributed by atoms with Crippen molar-refractivity contribution in [2.24, 2.45) is 0 Å². The molecule has 2 aliphatic heterocycles. The lowest BCUT2D eigenvalue weighted by Gasteiger charge is -2.33. The molecule has 150 valence electrons. The Balaban J connectivity index is 1.84. The first-order chi connectivity index (χ1) is 13.5. The van der Waals surface area contributed by atoms with Crippen LogP contribution in [0, 0.1) is 5.82 Å². The number of aldehydes is 1. The third-order valence-electron chi connectivity index (χ3n) is 5.12. The molecular formula is C18H19F2N3O5. The van der Waals surface area contributed by atoms with Crippen LogP contribution in [0.4, 0.5) is 25.1 Å². The average molecular weight is 395 g/mol. The van der Waals surface area contributed by atoms with Crippen LogP contribution in [-0.2, 0) is 9.47 Å². The summed E-state index contributed by atoms with van der Waals surface area (Å²) in [6, 6.07) is 0.487. The van der Waals surface area contributed by atoms with Crippen LogP contribution in [0.25, 0.3) is 11.0 Å². The number of amides is 1. The predicted molar refractivity (Wildman–Crippen MR) is 95.2 cm³/mol. The molecule has 3 atom stereocenters. The highest BCUT2D eigenvalue weighted by molar-refractivity contribution is 6.03. The highest BCUT2D eigenvalue weighted by Crippen LogP contribution is 2.38. The lowest BCUT2D eigenvalue weighted by Crippen LogP contribution is -2.42. The minimum atomic E-state index is -0.914. The van der Waals surface area contributed by atoms with E-state index in [9.17, 15) is 14.0 Å². The third-order valence-corrected chi connectivity index (χ3v) is 5.12. The maximum atomic E-state index is 15.3. The van der Waals surface area contributed by atoms with Crippen molar-refractivity contribution in [3.05, 3.63) is 17.4 Å². The molecule has 1 amide bonds. The smallest absolute Gasteiger partial charge is 0.416 e. The number of anilines is 2. The van der Waals surface area contributed by atoms with Crippen molar-refractivity contribution >= 4 is 34.9 Å². The van der Waals surface area contributed by atoms with E-state index in [4.69, 9.17) is 14.0 Å². The molecule has 4 rings (SSSR count). The first kappa shape index (κ1) is 18.6. The number of aromatic nitrogens is 1. The molecule has 2 aromatic rings. The van der Waals surface area contributed by atoms with Gasteiger partial charge in [-0.3, -0.25) is 4.79 Å². The molecule has 0 bridgehead atoms. The summed E-state index contributed by atoms with van der Waals surface area (Å²) >= 11 is 0. The van der Waals surface area contributed by atoms with Gasteiger partial charge in [-0.1, -0.05) is 5.16 Å². The number of fused-ring (bicyclic) bond motifs is 1. The summed E-state index contributed by atoms with van der Waals surface area (Å²) in [6.07, 6.45) is -1.09. The van der Waals surface area contributed by atoms with Gasteiger partial charge in [0.05, 0.1) is 23.8 Å². The molecule has 1 aromatic carbocycles. The Labute approximate surface area is 158 Å². The van der Waals surface area contributed by atoms with Crippen molar-refractivity contribution in [3.8, 4) is 0 Å². The van der Waals surface area contributed by atoms with E-state index in [0.717, 1.165) is 4.90 Å². The van der Waals surface area contributed by atoms with Crippen LogP contribution < -0.4 is 9.80 Å². The summed E-state index contributed by atoms with van der Waals surface area (Å²) in [5.41, 5.74) is -0.0274. The van der Waals surface area contributed by atoms with Gasteiger partial charge in [-0.25, -0.2) is 18.5 Å². The number of alkyl halides is 1. The number of benzene rings is 1. The predicted octanol–water partition coefficient (Wildman–Crippen LogP) is 2.69. The molecule has 0 N–H and O–H groups in total. The zero-order chi connectivity index (χ0) is 20.0. The number of ether oxygens (including phenoxy) is 2. The zero-order valence-corrected chi connectivity index (χ0v) is 15.4. The van der Waals surface area contributed by atoms with Gasteiger partial charge in [0.15, 0.2) is 17.9 Å². The van der Waals surface area contributed by atoms with Gasteiger partial charge < -0.3 is 18.9 Å². The van der Waals surface area contributed by atoms with E-state index in [0.29, 0.717) is 26.0 Å². The van der Waals surface area contributed by atoms with E-state index in [-0.39, 0.29) is 34.1 Å². The van der Waals surface area contributed by atoms with Gasteiger partial charge in [0.1, 0.15) is 18.8 Å². The highest BCUT2D eigenvalue weighted by Gasteiger charge is 2.43. The fourth-order valence-electron chi connectivity index (χ4n) is 3.72. The van der Waals surface area contributed by atoms with Crippen LogP contribution in [0.15, 0.2) is 10.6 Å². The summed E-state index contributed by atoms with van der Waals surface area (Å²) in [5.74, 6) is -0.833. The molecule has 10 heteroatoms. The molecule has 0 spiro atoms. The van der Waals surface area contributed by atoms with Gasteiger partial charge in [-0.2, -0.15) is 0 Å². The van der Waals surface area contributed by atoms with Crippen LogP contribution in [0.2, 0.25) is 0 Å². The van der Waals surface area contributed by atoms with Crippen molar-refractivity contribution in [2.75, 3.05) is 36.2 Å². The maximum Gasteiger partial charge on any atom is 0.416 e. The number of morpholine rings is 1. The Morgan fingerprint density at radius 3 is 2.86 bits per heavy atom. The van der Waals surface area contributed by atoms with E-state index in [1.54, 1.807) is 11.8 Å². The minimum absolute atomic E-state index is 0.0732. The number of hydrogen-bond donors (Lipinski definition) is 0. The Kier molecular flexibility index (Phi) is 4.66. The van der Waals surface area contributed by atoms with E-state index in [1.807, 2.05) is 6.92 Å². The number of nitrogens with zero attached hydrogens (tertiary/aromatic N) is 3. The maximum absolute atomic E-state index is 15.3. The molecule has 8 nitrogen and oxygen atoms in total. The van der Waals surface area contributed by atoms with Crippen LogP contribution in [0.5, 0.6) is 0 Å². The van der Waals surface area contributed by atoms with Crippen LogP contribution in [0.1, 0.15) is 24.2 Å². The van der Waals surface area contributed by atoms with Crippen LogP contribution in [0.3, 0.4) is 0 Å². The number of rotatable bonds is 4. The molecular weight excluding hydrogens is 376 g/mol. The lowest BCUT2D eigenvalue weighted by atomic mass is 10.1. The molecule has 0 aliphatic carbocycles. The number of carbonyl (C=O) groups is 2. The number of cyclic esters (lactones) is 1. The number of halogens is 2. The fraction of sp³-hybridized carbons (Fsp3) is 0.500.